The largest absolute Gasteiger partial charge is 0.481 e. The Morgan fingerprint density at radius 3 is 3.03 bits per heavy atom. The Morgan fingerprint density at radius 2 is 2.23 bits per heavy atom. The number of ether oxygens (including phenoxy) is 1. The van der Waals surface area contributed by atoms with Crippen molar-refractivity contribution in [1.82, 2.24) is 24.6 Å². The Labute approximate surface area is 180 Å². The van der Waals surface area contributed by atoms with Crippen molar-refractivity contribution in [2.75, 3.05) is 25.4 Å². The van der Waals surface area contributed by atoms with Gasteiger partial charge in [-0.3, -0.25) is 4.79 Å². The topological polar surface area (TPSA) is 99.2 Å². The van der Waals surface area contributed by atoms with Gasteiger partial charge in [-0.2, -0.15) is 5.10 Å². The van der Waals surface area contributed by atoms with Crippen molar-refractivity contribution < 1.29 is 9.53 Å². The van der Waals surface area contributed by atoms with E-state index >= 15 is 0 Å². The van der Waals surface area contributed by atoms with E-state index in [2.05, 4.69) is 28.4 Å². The zero-order valence-electron chi connectivity index (χ0n) is 17.4. The number of aryl methyl sites for hydroxylation is 1. The molecule has 8 heteroatoms. The third kappa shape index (κ3) is 4.21. The molecule has 0 spiro atoms. The van der Waals surface area contributed by atoms with Crippen LogP contribution in [0.3, 0.4) is 0 Å². The Morgan fingerprint density at radius 1 is 1.39 bits per heavy atom. The number of benzene rings is 1. The predicted octanol–water partition coefficient (Wildman–Crippen LogP) is 2.50. The number of hydrogen-bond donors (Lipinski definition) is 1. The fourth-order valence-electron chi connectivity index (χ4n) is 3.77. The van der Waals surface area contributed by atoms with Gasteiger partial charge in [-0.1, -0.05) is 30.7 Å². The van der Waals surface area contributed by atoms with Crippen LogP contribution in [0.1, 0.15) is 30.1 Å². The van der Waals surface area contributed by atoms with Gasteiger partial charge in [0.15, 0.2) is 5.65 Å². The van der Waals surface area contributed by atoms with Crippen molar-refractivity contribution >= 4 is 22.8 Å². The molecule has 1 aliphatic rings. The van der Waals surface area contributed by atoms with E-state index in [-0.39, 0.29) is 18.6 Å². The molecule has 158 valence electrons. The molecule has 3 heterocycles. The van der Waals surface area contributed by atoms with Crippen LogP contribution >= 0.6 is 0 Å². The third-order valence-corrected chi connectivity index (χ3v) is 5.35. The first-order chi connectivity index (χ1) is 15.1. The zero-order valence-corrected chi connectivity index (χ0v) is 17.4. The number of carbonyl (C=O) groups is 1. The second kappa shape index (κ2) is 8.88. The highest BCUT2D eigenvalue weighted by Crippen LogP contribution is 2.28. The SMILES string of the molecule is C=CC(=O)N1CCC[C@@H](n2nc(C#CCOc3ccccc3C)c3c(N)ncnc32)C1. The summed E-state index contributed by atoms with van der Waals surface area (Å²) in [5.41, 5.74) is 8.31. The van der Waals surface area contributed by atoms with Crippen LogP contribution in [0, 0.1) is 18.8 Å². The summed E-state index contributed by atoms with van der Waals surface area (Å²) in [7, 11) is 0. The minimum atomic E-state index is -0.0799. The predicted molar refractivity (Wildman–Crippen MR) is 118 cm³/mol. The molecule has 1 amide bonds. The highest BCUT2D eigenvalue weighted by Gasteiger charge is 2.27. The molecule has 1 saturated heterocycles. The molecule has 3 aromatic rings. The summed E-state index contributed by atoms with van der Waals surface area (Å²) in [5, 5.41) is 5.32. The first-order valence-electron chi connectivity index (χ1n) is 10.2. The molecule has 1 aromatic carbocycles. The van der Waals surface area contributed by atoms with E-state index in [0.717, 1.165) is 24.2 Å². The van der Waals surface area contributed by atoms with Crippen molar-refractivity contribution in [2.45, 2.75) is 25.8 Å². The molecule has 0 aliphatic carbocycles. The van der Waals surface area contributed by atoms with E-state index in [9.17, 15) is 4.79 Å². The summed E-state index contributed by atoms with van der Waals surface area (Å²) in [6.07, 6.45) is 4.52. The fourth-order valence-corrected chi connectivity index (χ4v) is 3.77. The lowest BCUT2D eigenvalue weighted by molar-refractivity contribution is -0.127. The maximum Gasteiger partial charge on any atom is 0.246 e. The maximum absolute atomic E-state index is 12.1. The lowest BCUT2D eigenvalue weighted by Gasteiger charge is -2.32. The number of hydrogen-bond acceptors (Lipinski definition) is 6. The number of amides is 1. The Hall–Kier alpha value is -3.86. The lowest BCUT2D eigenvalue weighted by atomic mass is 10.1. The van der Waals surface area contributed by atoms with Gasteiger partial charge in [-0.15, -0.1) is 0 Å². The van der Waals surface area contributed by atoms with E-state index in [1.54, 1.807) is 4.90 Å². The van der Waals surface area contributed by atoms with Gasteiger partial charge in [0, 0.05) is 13.1 Å². The summed E-state index contributed by atoms with van der Waals surface area (Å²) < 4.78 is 7.57. The summed E-state index contributed by atoms with van der Waals surface area (Å²) in [6, 6.07) is 7.76. The monoisotopic (exact) mass is 416 g/mol. The number of fused-ring (bicyclic) bond motifs is 1. The summed E-state index contributed by atoms with van der Waals surface area (Å²) in [6.45, 7) is 7.04. The normalized spacial score (nSPS) is 15.9. The first-order valence-corrected chi connectivity index (χ1v) is 10.2. The van der Waals surface area contributed by atoms with Crippen LogP contribution < -0.4 is 10.5 Å². The van der Waals surface area contributed by atoms with Crippen molar-refractivity contribution in [1.29, 1.82) is 0 Å². The van der Waals surface area contributed by atoms with Gasteiger partial charge in [0.05, 0.1) is 11.4 Å². The van der Waals surface area contributed by atoms with Crippen molar-refractivity contribution in [3.05, 3.63) is 54.5 Å². The standard InChI is InChI=1S/C23H24N6O2/c1-3-20(30)28-12-6-9-17(14-28)29-23-21(22(24)25-15-26-23)18(27-29)10-7-13-31-19-11-5-4-8-16(19)2/h3-5,8,11,15,17H,1,6,9,12-14H2,2H3,(H2,24,25,26)/t17-/m1/s1. The molecule has 0 unspecified atom stereocenters. The molecular formula is C23H24N6O2. The second-order valence-electron chi connectivity index (χ2n) is 7.39. The van der Waals surface area contributed by atoms with Gasteiger partial charge in [0.1, 0.15) is 30.2 Å². The number of rotatable bonds is 4. The Kier molecular flexibility index (Phi) is 5.85. The van der Waals surface area contributed by atoms with Crippen LogP contribution in [0.2, 0.25) is 0 Å². The van der Waals surface area contributed by atoms with Gasteiger partial charge >= 0.3 is 0 Å². The van der Waals surface area contributed by atoms with E-state index < -0.39 is 0 Å². The number of piperidine rings is 1. The number of carbonyl (C=O) groups excluding carboxylic acids is 1. The van der Waals surface area contributed by atoms with E-state index in [1.165, 1.54) is 12.4 Å². The molecule has 1 fully saturated rings. The van der Waals surface area contributed by atoms with Crippen LogP contribution in [0.25, 0.3) is 11.0 Å². The van der Waals surface area contributed by atoms with Crippen molar-refractivity contribution in [3.63, 3.8) is 0 Å². The molecule has 31 heavy (non-hydrogen) atoms. The van der Waals surface area contributed by atoms with Crippen LogP contribution in [-0.4, -0.2) is 50.3 Å². The molecule has 8 nitrogen and oxygen atoms in total. The number of nitrogens with zero attached hydrogens (tertiary/aromatic N) is 5. The van der Waals surface area contributed by atoms with Gasteiger partial charge in [-0.05, 0) is 43.4 Å². The van der Waals surface area contributed by atoms with Gasteiger partial charge in [-0.25, -0.2) is 14.6 Å². The molecule has 2 N–H and O–H groups in total. The molecule has 1 aliphatic heterocycles. The van der Waals surface area contributed by atoms with Crippen LogP contribution in [0.15, 0.2) is 43.2 Å². The second-order valence-corrected chi connectivity index (χ2v) is 7.39. The molecule has 1 atom stereocenters. The Balaban J connectivity index is 1.61. The zero-order chi connectivity index (χ0) is 21.8. The number of nitrogen functional groups attached to an aromatic ring is 1. The van der Waals surface area contributed by atoms with Crippen molar-refractivity contribution in [2.24, 2.45) is 0 Å². The highest BCUT2D eigenvalue weighted by molar-refractivity contribution is 5.90. The fraction of sp³-hybridized carbons (Fsp3) is 0.304. The summed E-state index contributed by atoms with van der Waals surface area (Å²) in [5.74, 6) is 7.12. The maximum atomic E-state index is 12.1. The van der Waals surface area contributed by atoms with E-state index in [1.807, 2.05) is 35.9 Å². The summed E-state index contributed by atoms with van der Waals surface area (Å²) >= 11 is 0. The molecule has 0 radical (unpaired) electrons. The average molecular weight is 416 g/mol. The van der Waals surface area contributed by atoms with Crippen LogP contribution in [-0.2, 0) is 4.79 Å². The minimum Gasteiger partial charge on any atom is -0.481 e. The number of aromatic nitrogens is 4. The minimum absolute atomic E-state index is 0.0202. The van der Waals surface area contributed by atoms with Crippen molar-refractivity contribution in [3.8, 4) is 17.6 Å². The van der Waals surface area contributed by atoms with Gasteiger partial charge < -0.3 is 15.4 Å². The highest BCUT2D eigenvalue weighted by atomic mass is 16.5. The lowest BCUT2D eigenvalue weighted by Crippen LogP contribution is -2.40. The smallest absolute Gasteiger partial charge is 0.246 e. The molecule has 2 aromatic heterocycles. The van der Waals surface area contributed by atoms with Gasteiger partial charge in [0.25, 0.3) is 0 Å². The Bertz CT molecular complexity index is 1190. The third-order valence-electron chi connectivity index (χ3n) is 5.35. The van der Waals surface area contributed by atoms with E-state index in [0.29, 0.717) is 35.6 Å². The average Bonchev–Trinajstić information content (AvgIpc) is 3.17. The molecule has 0 bridgehead atoms. The number of anilines is 1. The molecule has 0 saturated carbocycles. The quantitative estimate of drug-likeness (QED) is 0.518. The molecule has 4 rings (SSSR count). The van der Waals surface area contributed by atoms with Gasteiger partial charge in [0.2, 0.25) is 5.91 Å². The number of likely N-dealkylation sites (tertiary alicyclic amines) is 1. The first kappa shape index (κ1) is 20.4. The van der Waals surface area contributed by atoms with Crippen LogP contribution in [0.5, 0.6) is 5.75 Å². The molecular weight excluding hydrogens is 392 g/mol. The van der Waals surface area contributed by atoms with E-state index in [4.69, 9.17) is 15.6 Å². The number of nitrogens with two attached hydrogens (primary N) is 1. The van der Waals surface area contributed by atoms with Crippen LogP contribution in [0.4, 0.5) is 5.82 Å². The summed E-state index contributed by atoms with van der Waals surface area (Å²) in [4.78, 5) is 22.4. The number of para-hydroxylation sites is 1.